The van der Waals surface area contributed by atoms with Gasteiger partial charge in [0.2, 0.25) is 0 Å². The van der Waals surface area contributed by atoms with E-state index in [1.807, 2.05) is 11.3 Å². The molecule has 2 heteroatoms. The molecule has 0 aliphatic rings. The van der Waals surface area contributed by atoms with Crippen LogP contribution in [0.25, 0.3) is 84.8 Å². The highest BCUT2D eigenvalue weighted by Crippen LogP contribution is 2.49. The monoisotopic (exact) mass is 625 g/mol. The van der Waals surface area contributed by atoms with Gasteiger partial charge >= 0.3 is 0 Å². The van der Waals surface area contributed by atoms with Gasteiger partial charge in [-0.1, -0.05) is 133 Å². The zero-order valence-electron chi connectivity index (χ0n) is 25.9. The molecule has 11 rings (SSSR count). The largest absolute Gasteiger partial charge is 0.308 e. The third kappa shape index (κ3) is 3.55. The molecule has 222 valence electrons. The van der Waals surface area contributed by atoms with Crippen molar-refractivity contribution in [3.8, 4) is 0 Å². The van der Waals surface area contributed by atoms with Gasteiger partial charge in [-0.25, -0.2) is 0 Å². The van der Waals surface area contributed by atoms with Crippen molar-refractivity contribution in [3.05, 3.63) is 164 Å². The minimum atomic E-state index is 1.16. The van der Waals surface area contributed by atoms with Gasteiger partial charge in [0.1, 0.15) is 0 Å². The van der Waals surface area contributed by atoms with Gasteiger partial charge in [-0.2, -0.15) is 0 Å². The Morgan fingerprint density at radius 2 is 0.875 bits per heavy atom. The van der Waals surface area contributed by atoms with Crippen molar-refractivity contribution in [2.24, 2.45) is 0 Å². The average molecular weight is 626 g/mol. The molecule has 1 aromatic heterocycles. The number of nitrogens with zero attached hydrogens (tertiary/aromatic N) is 1. The SMILES string of the molecule is c1cc2ccc3ccc(N(c4ccc5c6ccccc6c6ccccc6c5c4)c4cccc5c4sc4ccccc45)c4ccc(c1)c2c34. The number of rotatable bonds is 3. The van der Waals surface area contributed by atoms with Crippen LogP contribution in [-0.2, 0) is 0 Å². The van der Waals surface area contributed by atoms with Gasteiger partial charge in [-0.3, -0.25) is 0 Å². The summed E-state index contributed by atoms with van der Waals surface area (Å²) in [4.78, 5) is 2.52. The number of hydrogen-bond acceptors (Lipinski definition) is 2. The minimum absolute atomic E-state index is 1.16. The summed E-state index contributed by atoms with van der Waals surface area (Å²) >= 11 is 1.89. The number of fused-ring (bicyclic) bond motifs is 9. The molecule has 0 atom stereocenters. The molecule has 0 spiro atoms. The van der Waals surface area contributed by atoms with Gasteiger partial charge in [-0.05, 0) is 89.6 Å². The molecular formula is C46H27NS. The van der Waals surface area contributed by atoms with Gasteiger partial charge in [0.05, 0.1) is 16.1 Å². The molecule has 0 N–H and O–H groups in total. The number of hydrogen-bond donors (Lipinski definition) is 0. The lowest BCUT2D eigenvalue weighted by molar-refractivity contribution is 1.33. The van der Waals surface area contributed by atoms with Crippen molar-refractivity contribution in [2.75, 3.05) is 4.90 Å². The van der Waals surface area contributed by atoms with E-state index in [0.717, 1.165) is 5.69 Å². The Bertz CT molecular complexity index is 3030. The van der Waals surface area contributed by atoms with Crippen LogP contribution in [-0.4, -0.2) is 0 Å². The second-order valence-electron chi connectivity index (χ2n) is 12.8. The zero-order chi connectivity index (χ0) is 31.3. The average Bonchev–Trinajstić information content (AvgIpc) is 3.54. The molecule has 0 aliphatic carbocycles. The van der Waals surface area contributed by atoms with Gasteiger partial charge in [-0.15, -0.1) is 11.3 Å². The fourth-order valence-corrected chi connectivity index (χ4v) is 9.47. The molecule has 48 heavy (non-hydrogen) atoms. The number of benzene rings is 10. The first-order valence-corrected chi connectivity index (χ1v) is 17.3. The van der Waals surface area contributed by atoms with E-state index in [2.05, 4.69) is 169 Å². The van der Waals surface area contributed by atoms with Crippen LogP contribution < -0.4 is 4.90 Å². The Labute approximate surface area is 280 Å². The van der Waals surface area contributed by atoms with Crippen LogP contribution >= 0.6 is 11.3 Å². The second-order valence-corrected chi connectivity index (χ2v) is 13.9. The predicted molar refractivity (Wildman–Crippen MR) is 210 cm³/mol. The van der Waals surface area contributed by atoms with E-state index in [-0.39, 0.29) is 0 Å². The zero-order valence-corrected chi connectivity index (χ0v) is 26.8. The van der Waals surface area contributed by atoms with Crippen molar-refractivity contribution in [3.63, 3.8) is 0 Å². The van der Waals surface area contributed by atoms with E-state index < -0.39 is 0 Å². The summed E-state index contributed by atoms with van der Waals surface area (Å²) in [5.74, 6) is 0. The van der Waals surface area contributed by atoms with E-state index in [1.54, 1.807) is 0 Å². The Morgan fingerprint density at radius 1 is 0.333 bits per heavy atom. The van der Waals surface area contributed by atoms with Gasteiger partial charge in [0.25, 0.3) is 0 Å². The maximum absolute atomic E-state index is 2.52. The standard InChI is InChI=1S/C46H27NS/c1-2-13-34-32(11-1)33-12-3-4-14-35(33)40-27-31(23-25-36(34)40)47(42-17-8-16-38-37-15-5-6-18-43(37)48-46(38)42)41-26-22-30-20-19-28-9-7-10-29-21-24-39(41)45(30)44(28)29/h1-27H. The second kappa shape index (κ2) is 9.78. The van der Waals surface area contributed by atoms with Crippen LogP contribution in [0.15, 0.2) is 164 Å². The van der Waals surface area contributed by atoms with E-state index in [9.17, 15) is 0 Å². The van der Waals surface area contributed by atoms with E-state index >= 15 is 0 Å². The summed E-state index contributed by atoms with van der Waals surface area (Å²) in [7, 11) is 0. The molecule has 1 heterocycles. The summed E-state index contributed by atoms with van der Waals surface area (Å²) in [6.45, 7) is 0. The molecule has 10 aromatic carbocycles. The highest BCUT2D eigenvalue weighted by molar-refractivity contribution is 7.26. The van der Waals surface area contributed by atoms with Crippen LogP contribution in [0.2, 0.25) is 0 Å². The normalized spacial score (nSPS) is 12.2. The Kier molecular flexibility index (Phi) is 5.32. The highest BCUT2D eigenvalue weighted by Gasteiger charge is 2.22. The topological polar surface area (TPSA) is 3.24 Å². The number of anilines is 3. The van der Waals surface area contributed by atoms with Crippen LogP contribution in [0.1, 0.15) is 0 Å². The quantitative estimate of drug-likeness (QED) is 0.177. The molecule has 0 saturated heterocycles. The molecule has 0 radical (unpaired) electrons. The van der Waals surface area contributed by atoms with E-state index in [0.29, 0.717) is 0 Å². The maximum Gasteiger partial charge on any atom is 0.0640 e. The third-order valence-electron chi connectivity index (χ3n) is 10.4. The molecule has 11 aromatic rings. The number of thiophene rings is 1. The van der Waals surface area contributed by atoms with Crippen LogP contribution in [0, 0.1) is 0 Å². The van der Waals surface area contributed by atoms with Crippen LogP contribution in [0.4, 0.5) is 17.1 Å². The molecule has 0 saturated carbocycles. The molecular weight excluding hydrogens is 599 g/mol. The summed E-state index contributed by atoms with van der Waals surface area (Å²) in [6.07, 6.45) is 0. The summed E-state index contributed by atoms with van der Waals surface area (Å²) in [6, 6.07) is 60.8. The molecule has 0 fully saturated rings. The molecule has 0 amide bonds. The third-order valence-corrected chi connectivity index (χ3v) is 11.6. The lowest BCUT2D eigenvalue weighted by atomic mass is 9.92. The van der Waals surface area contributed by atoms with Crippen molar-refractivity contribution < 1.29 is 0 Å². The van der Waals surface area contributed by atoms with Gasteiger partial charge < -0.3 is 4.90 Å². The predicted octanol–water partition coefficient (Wildman–Crippen LogP) is 13.9. The maximum atomic E-state index is 2.52. The molecule has 1 nitrogen and oxygen atoms in total. The van der Waals surface area contributed by atoms with Gasteiger partial charge in [0, 0.05) is 26.5 Å². The Balaban J connectivity index is 1.28. The summed E-state index contributed by atoms with van der Waals surface area (Å²) < 4.78 is 2.61. The fraction of sp³-hybridized carbons (Fsp3) is 0. The summed E-state index contributed by atoms with van der Waals surface area (Å²) in [5, 5.41) is 18.1. The highest BCUT2D eigenvalue weighted by atomic mass is 32.1. The molecule has 0 aliphatic heterocycles. The Morgan fingerprint density at radius 3 is 1.62 bits per heavy atom. The lowest BCUT2D eigenvalue weighted by Gasteiger charge is -2.28. The van der Waals surface area contributed by atoms with Crippen LogP contribution in [0.3, 0.4) is 0 Å². The molecule has 0 unspecified atom stereocenters. The van der Waals surface area contributed by atoms with Crippen molar-refractivity contribution in [1.29, 1.82) is 0 Å². The van der Waals surface area contributed by atoms with Gasteiger partial charge in [0.15, 0.2) is 0 Å². The van der Waals surface area contributed by atoms with E-state index in [1.165, 1.54) is 96.2 Å². The smallest absolute Gasteiger partial charge is 0.0640 e. The van der Waals surface area contributed by atoms with E-state index in [4.69, 9.17) is 0 Å². The van der Waals surface area contributed by atoms with Crippen molar-refractivity contribution >= 4 is 113 Å². The molecule has 0 bridgehead atoms. The van der Waals surface area contributed by atoms with Crippen LogP contribution in [0.5, 0.6) is 0 Å². The van der Waals surface area contributed by atoms with Crippen molar-refractivity contribution in [1.82, 2.24) is 0 Å². The minimum Gasteiger partial charge on any atom is -0.308 e. The Hall–Kier alpha value is -5.96. The summed E-state index contributed by atoms with van der Waals surface area (Å²) in [5.41, 5.74) is 3.55. The first-order valence-electron chi connectivity index (χ1n) is 16.5. The van der Waals surface area contributed by atoms with Crippen molar-refractivity contribution in [2.45, 2.75) is 0 Å². The first kappa shape index (κ1) is 26.1. The lowest BCUT2D eigenvalue weighted by Crippen LogP contribution is -2.11. The fourth-order valence-electron chi connectivity index (χ4n) is 8.27. The first-order chi connectivity index (χ1) is 23.8.